The second-order valence-electron chi connectivity index (χ2n) is 8.76. The van der Waals surface area contributed by atoms with E-state index >= 15 is 0 Å². The summed E-state index contributed by atoms with van der Waals surface area (Å²) >= 11 is 0. The van der Waals surface area contributed by atoms with Crippen molar-refractivity contribution in [2.45, 2.75) is 49.5 Å². The summed E-state index contributed by atoms with van der Waals surface area (Å²) < 4.78 is 6.98. The molecule has 0 aromatic heterocycles. The van der Waals surface area contributed by atoms with Crippen LogP contribution in [-0.2, 0) is 15.1 Å². The van der Waals surface area contributed by atoms with E-state index in [0.29, 0.717) is 23.2 Å². The minimum Gasteiger partial charge on any atom is -0.453 e. The van der Waals surface area contributed by atoms with Crippen molar-refractivity contribution in [3.63, 3.8) is 0 Å². The highest BCUT2D eigenvalue weighted by molar-refractivity contribution is 5.96. The molecule has 0 spiro atoms. The lowest BCUT2D eigenvalue weighted by molar-refractivity contribution is -0.931. The van der Waals surface area contributed by atoms with Gasteiger partial charge in [-0.2, -0.15) is 0 Å². The van der Waals surface area contributed by atoms with Crippen LogP contribution in [0, 0.1) is 0 Å². The highest BCUT2D eigenvalue weighted by Gasteiger charge is 2.56. The van der Waals surface area contributed by atoms with E-state index < -0.39 is 11.6 Å². The van der Waals surface area contributed by atoms with E-state index in [1.54, 1.807) is 0 Å². The minimum absolute atomic E-state index is 0.121. The van der Waals surface area contributed by atoms with Crippen LogP contribution in [-0.4, -0.2) is 47.8 Å². The van der Waals surface area contributed by atoms with Gasteiger partial charge >= 0.3 is 5.97 Å². The first-order valence-corrected chi connectivity index (χ1v) is 9.90. The highest BCUT2D eigenvalue weighted by atomic mass is 16.6. The molecule has 3 atom stereocenters. The normalized spacial score (nSPS) is 29.1. The Bertz CT molecular complexity index is 874. The molecule has 140 valence electrons. The first kappa shape index (κ1) is 17.0. The second-order valence-corrected chi connectivity index (χ2v) is 8.76. The van der Waals surface area contributed by atoms with E-state index in [0.717, 1.165) is 28.5 Å². The quantitative estimate of drug-likeness (QED) is 0.657. The SMILES string of the molecule is C[N+]1(C)C2CCCC1[C@H](OC(=O)C1(O)c3ccccc3-c3ccccc31)C2. The molecular weight excluding hydrogens is 338 g/mol. The van der Waals surface area contributed by atoms with Crippen molar-refractivity contribution >= 4 is 5.97 Å². The molecular formula is C23H26NO3+. The average Bonchev–Trinajstić information content (AvgIpc) is 2.94. The van der Waals surface area contributed by atoms with Gasteiger partial charge in [0, 0.05) is 24.0 Å². The largest absolute Gasteiger partial charge is 0.453 e. The van der Waals surface area contributed by atoms with Crippen molar-refractivity contribution in [3.8, 4) is 11.1 Å². The maximum absolute atomic E-state index is 13.4. The molecule has 2 aromatic carbocycles. The van der Waals surface area contributed by atoms with Crippen LogP contribution in [0.5, 0.6) is 0 Å². The van der Waals surface area contributed by atoms with Gasteiger partial charge < -0.3 is 14.3 Å². The van der Waals surface area contributed by atoms with Gasteiger partial charge in [-0.15, -0.1) is 0 Å². The highest BCUT2D eigenvalue weighted by Crippen LogP contribution is 2.49. The Kier molecular flexibility index (Phi) is 3.56. The third-order valence-electron chi connectivity index (χ3n) is 7.24. The topological polar surface area (TPSA) is 46.5 Å². The van der Waals surface area contributed by atoms with Crippen LogP contribution >= 0.6 is 0 Å². The Morgan fingerprint density at radius 2 is 1.63 bits per heavy atom. The second kappa shape index (κ2) is 5.66. The molecule has 1 N–H and O–H groups in total. The van der Waals surface area contributed by atoms with Gasteiger partial charge in [0.2, 0.25) is 5.60 Å². The molecule has 3 aliphatic rings. The first-order chi connectivity index (χ1) is 12.9. The van der Waals surface area contributed by atoms with Crippen LogP contribution in [0.15, 0.2) is 48.5 Å². The molecule has 1 aliphatic carbocycles. The average molecular weight is 364 g/mol. The third-order valence-corrected chi connectivity index (χ3v) is 7.24. The summed E-state index contributed by atoms with van der Waals surface area (Å²) in [6.45, 7) is 0. The molecule has 2 bridgehead atoms. The van der Waals surface area contributed by atoms with Gasteiger partial charge in [0.1, 0.15) is 6.04 Å². The monoisotopic (exact) mass is 364 g/mol. The van der Waals surface area contributed by atoms with Gasteiger partial charge in [-0.05, 0) is 24.0 Å². The molecule has 4 heteroatoms. The maximum atomic E-state index is 13.4. The van der Waals surface area contributed by atoms with Crippen LogP contribution in [0.3, 0.4) is 0 Å². The summed E-state index contributed by atoms with van der Waals surface area (Å²) in [7, 11) is 4.49. The van der Waals surface area contributed by atoms with Crippen molar-refractivity contribution < 1.29 is 19.1 Å². The summed E-state index contributed by atoms with van der Waals surface area (Å²) in [6.07, 6.45) is 4.23. The van der Waals surface area contributed by atoms with Crippen LogP contribution in [0.4, 0.5) is 0 Å². The summed E-state index contributed by atoms with van der Waals surface area (Å²) in [5.41, 5.74) is 1.36. The first-order valence-electron chi connectivity index (χ1n) is 9.90. The number of ether oxygens (including phenoxy) is 1. The zero-order valence-corrected chi connectivity index (χ0v) is 15.9. The summed E-state index contributed by atoms with van der Waals surface area (Å²) in [5.74, 6) is -0.530. The molecule has 27 heavy (non-hydrogen) atoms. The van der Waals surface area contributed by atoms with E-state index in [1.165, 1.54) is 12.8 Å². The predicted octanol–water partition coefficient (Wildman–Crippen LogP) is 3.22. The molecule has 2 aliphatic heterocycles. The summed E-state index contributed by atoms with van der Waals surface area (Å²) in [6, 6.07) is 16.1. The zero-order chi connectivity index (χ0) is 18.8. The molecule has 2 fully saturated rings. The molecule has 0 radical (unpaired) electrons. The van der Waals surface area contributed by atoms with Gasteiger partial charge in [-0.25, -0.2) is 4.79 Å². The number of nitrogens with zero attached hydrogens (tertiary/aromatic N) is 1. The van der Waals surface area contributed by atoms with E-state index in [4.69, 9.17) is 4.74 Å². The fourth-order valence-corrected chi connectivity index (χ4v) is 5.71. The Labute approximate surface area is 160 Å². The van der Waals surface area contributed by atoms with E-state index in [2.05, 4.69) is 14.1 Å². The van der Waals surface area contributed by atoms with Gasteiger partial charge in [-0.3, -0.25) is 0 Å². The Morgan fingerprint density at radius 3 is 2.22 bits per heavy atom. The van der Waals surface area contributed by atoms with Crippen molar-refractivity contribution in [1.82, 2.24) is 0 Å². The zero-order valence-electron chi connectivity index (χ0n) is 15.9. The smallest absolute Gasteiger partial charge is 0.348 e. The molecule has 2 aromatic rings. The molecule has 0 amide bonds. The van der Waals surface area contributed by atoms with Gasteiger partial charge in [0.05, 0.1) is 20.1 Å². The number of likely N-dealkylation sites (N-methyl/N-ethyl adjacent to an activating group) is 1. The standard InChI is InChI=1S/C23H26NO3/c1-24(2)15-8-7-13-20(24)21(14-15)27-22(25)23(26)18-11-5-3-9-16(18)17-10-4-6-12-19(17)23/h3-6,9-12,15,20-21,26H,7-8,13-14H2,1-2H3/q+1/t15?,20?,21-/m1/s1. The van der Waals surface area contributed by atoms with Crippen molar-refractivity contribution in [2.24, 2.45) is 0 Å². The fourth-order valence-electron chi connectivity index (χ4n) is 5.71. The van der Waals surface area contributed by atoms with Crippen LogP contribution < -0.4 is 0 Å². The van der Waals surface area contributed by atoms with E-state index in [1.807, 2.05) is 48.5 Å². The number of esters is 1. The number of aliphatic hydroxyl groups is 1. The number of benzene rings is 2. The minimum atomic E-state index is -1.72. The number of carbonyl (C=O) groups excluding carboxylic acids is 1. The van der Waals surface area contributed by atoms with Gasteiger partial charge in [0.15, 0.2) is 6.10 Å². The molecule has 4 nitrogen and oxygen atoms in total. The van der Waals surface area contributed by atoms with E-state index in [9.17, 15) is 9.90 Å². The Morgan fingerprint density at radius 1 is 1.04 bits per heavy atom. The third kappa shape index (κ3) is 2.20. The lowest BCUT2D eigenvalue weighted by Crippen LogP contribution is -2.54. The van der Waals surface area contributed by atoms with Crippen LogP contribution in [0.2, 0.25) is 0 Å². The number of quaternary nitrogens is 1. The summed E-state index contributed by atoms with van der Waals surface area (Å²) in [4.78, 5) is 13.4. The molecule has 2 unspecified atom stereocenters. The summed E-state index contributed by atoms with van der Waals surface area (Å²) in [5, 5.41) is 11.6. The molecule has 5 rings (SSSR count). The number of carbonyl (C=O) groups is 1. The number of rotatable bonds is 2. The maximum Gasteiger partial charge on any atom is 0.348 e. The van der Waals surface area contributed by atoms with Crippen molar-refractivity contribution in [1.29, 1.82) is 0 Å². The van der Waals surface area contributed by atoms with Crippen molar-refractivity contribution in [2.75, 3.05) is 14.1 Å². The van der Waals surface area contributed by atoms with Gasteiger partial charge in [-0.1, -0.05) is 48.5 Å². The predicted molar refractivity (Wildman–Crippen MR) is 103 cm³/mol. The fraction of sp³-hybridized carbons (Fsp3) is 0.435. The van der Waals surface area contributed by atoms with Crippen molar-refractivity contribution in [3.05, 3.63) is 59.7 Å². The molecule has 0 saturated carbocycles. The Hall–Kier alpha value is -2.17. The van der Waals surface area contributed by atoms with Crippen LogP contribution in [0.25, 0.3) is 11.1 Å². The Balaban J connectivity index is 1.52. The van der Waals surface area contributed by atoms with Gasteiger partial charge in [0.25, 0.3) is 0 Å². The molecule has 2 heterocycles. The molecule has 2 saturated heterocycles. The number of hydrogen-bond acceptors (Lipinski definition) is 3. The number of fused-ring (bicyclic) bond motifs is 5. The number of hydrogen-bond donors (Lipinski definition) is 1. The van der Waals surface area contributed by atoms with Crippen LogP contribution in [0.1, 0.15) is 36.8 Å². The van der Waals surface area contributed by atoms with E-state index in [-0.39, 0.29) is 6.10 Å². The lowest BCUT2D eigenvalue weighted by Gasteiger charge is -2.41. The number of piperidine rings is 1. The lowest BCUT2D eigenvalue weighted by atomic mass is 9.91.